The van der Waals surface area contributed by atoms with E-state index in [1.165, 1.54) is 0 Å². The maximum Gasteiger partial charge on any atom is 0.212 e. The Bertz CT molecular complexity index is 692. The molecular weight excluding hydrogens is 250 g/mol. The van der Waals surface area contributed by atoms with Gasteiger partial charge in [-0.05, 0) is 24.3 Å². The van der Waals surface area contributed by atoms with Crippen molar-refractivity contribution in [3.8, 4) is 11.4 Å². The van der Waals surface area contributed by atoms with Crippen LogP contribution in [0.3, 0.4) is 0 Å². The van der Waals surface area contributed by atoms with Gasteiger partial charge in [0, 0.05) is 18.1 Å². The van der Waals surface area contributed by atoms with Crippen molar-refractivity contribution in [3.05, 3.63) is 67.0 Å². The minimum Gasteiger partial charge on any atom is -0.495 e. The van der Waals surface area contributed by atoms with E-state index in [0.717, 1.165) is 23.1 Å². The number of methoxy groups -OCH3 is 1. The summed E-state index contributed by atoms with van der Waals surface area (Å²) in [5.41, 5.74) is 1.95. The molecule has 3 aromatic rings. The summed E-state index contributed by atoms with van der Waals surface area (Å²) >= 11 is 0. The predicted molar refractivity (Wildman–Crippen MR) is 79.8 cm³/mol. The van der Waals surface area contributed by atoms with Gasteiger partial charge in [0.15, 0.2) is 0 Å². The molecule has 4 nitrogen and oxygen atoms in total. The molecule has 0 atom stereocenters. The summed E-state index contributed by atoms with van der Waals surface area (Å²) in [5.74, 6) is 1.56. The molecule has 0 spiro atoms. The standard InChI is InChI=1S/C16H15N3O/c1-20-15-10-6-5-9-14(15)19-12-11-17-16(19)18-13-7-3-2-4-8-13/h2-12H,1H3,(H,17,18). The van der Waals surface area contributed by atoms with Crippen molar-refractivity contribution in [3.63, 3.8) is 0 Å². The predicted octanol–water partition coefficient (Wildman–Crippen LogP) is 3.62. The molecule has 0 fully saturated rings. The van der Waals surface area contributed by atoms with Crippen LogP contribution in [0.1, 0.15) is 0 Å². The number of aromatic nitrogens is 2. The molecule has 0 unspecified atom stereocenters. The molecule has 1 N–H and O–H groups in total. The van der Waals surface area contributed by atoms with Gasteiger partial charge in [0.25, 0.3) is 0 Å². The van der Waals surface area contributed by atoms with Crippen LogP contribution in [0.15, 0.2) is 67.0 Å². The van der Waals surface area contributed by atoms with E-state index in [1.807, 2.05) is 65.4 Å². The second-order valence-electron chi connectivity index (χ2n) is 4.28. The van der Waals surface area contributed by atoms with Crippen molar-refractivity contribution in [1.29, 1.82) is 0 Å². The lowest BCUT2D eigenvalue weighted by Gasteiger charge is -2.12. The molecule has 0 bridgehead atoms. The van der Waals surface area contributed by atoms with Crippen molar-refractivity contribution >= 4 is 11.6 Å². The molecule has 1 heterocycles. The number of nitrogens with zero attached hydrogens (tertiary/aromatic N) is 2. The minimum atomic E-state index is 0.751. The Morgan fingerprint density at radius 2 is 1.75 bits per heavy atom. The second kappa shape index (κ2) is 5.48. The highest BCUT2D eigenvalue weighted by atomic mass is 16.5. The van der Waals surface area contributed by atoms with Crippen molar-refractivity contribution in [2.24, 2.45) is 0 Å². The summed E-state index contributed by atoms with van der Waals surface area (Å²) in [6, 6.07) is 17.8. The van der Waals surface area contributed by atoms with Crippen molar-refractivity contribution in [1.82, 2.24) is 9.55 Å². The molecule has 0 aliphatic heterocycles. The third-order valence-electron chi connectivity index (χ3n) is 3.02. The largest absolute Gasteiger partial charge is 0.495 e. The normalized spacial score (nSPS) is 10.2. The zero-order valence-electron chi connectivity index (χ0n) is 11.2. The van der Waals surface area contributed by atoms with Crippen LogP contribution < -0.4 is 10.1 Å². The molecule has 0 aliphatic rings. The van der Waals surface area contributed by atoms with E-state index in [1.54, 1.807) is 13.3 Å². The highest BCUT2D eigenvalue weighted by Crippen LogP contribution is 2.26. The molecule has 0 aliphatic carbocycles. The molecule has 4 heteroatoms. The van der Waals surface area contributed by atoms with E-state index in [0.29, 0.717) is 0 Å². The molecule has 2 aromatic carbocycles. The number of anilines is 2. The zero-order valence-corrected chi connectivity index (χ0v) is 11.2. The molecule has 0 amide bonds. The Balaban J connectivity index is 1.98. The summed E-state index contributed by atoms with van der Waals surface area (Å²) in [6.07, 6.45) is 3.67. The highest BCUT2D eigenvalue weighted by Gasteiger charge is 2.09. The van der Waals surface area contributed by atoms with Crippen LogP contribution in [0.4, 0.5) is 11.6 Å². The molecule has 20 heavy (non-hydrogen) atoms. The monoisotopic (exact) mass is 265 g/mol. The van der Waals surface area contributed by atoms with Crippen LogP contribution >= 0.6 is 0 Å². The van der Waals surface area contributed by atoms with Crippen LogP contribution in [0.5, 0.6) is 5.75 Å². The van der Waals surface area contributed by atoms with E-state index < -0.39 is 0 Å². The van der Waals surface area contributed by atoms with Crippen LogP contribution in [0.25, 0.3) is 5.69 Å². The Hall–Kier alpha value is -2.75. The summed E-state index contributed by atoms with van der Waals surface area (Å²) < 4.78 is 7.36. The fourth-order valence-electron chi connectivity index (χ4n) is 2.07. The molecule has 3 rings (SSSR count). The summed E-state index contributed by atoms with van der Waals surface area (Å²) in [4.78, 5) is 4.36. The first-order valence-corrected chi connectivity index (χ1v) is 6.37. The van der Waals surface area contributed by atoms with Gasteiger partial charge in [-0.2, -0.15) is 0 Å². The number of rotatable bonds is 4. The highest BCUT2D eigenvalue weighted by molar-refractivity contribution is 5.58. The average molecular weight is 265 g/mol. The fourth-order valence-corrected chi connectivity index (χ4v) is 2.07. The Morgan fingerprint density at radius 3 is 2.55 bits per heavy atom. The van der Waals surface area contributed by atoms with Gasteiger partial charge in [0.05, 0.1) is 12.8 Å². The first-order valence-electron chi connectivity index (χ1n) is 6.37. The second-order valence-corrected chi connectivity index (χ2v) is 4.28. The number of hydrogen-bond donors (Lipinski definition) is 1. The Morgan fingerprint density at radius 1 is 1.00 bits per heavy atom. The smallest absolute Gasteiger partial charge is 0.212 e. The first-order chi connectivity index (χ1) is 9.88. The molecule has 100 valence electrons. The number of para-hydroxylation sites is 3. The van der Waals surface area contributed by atoms with E-state index in [-0.39, 0.29) is 0 Å². The molecular formula is C16H15N3O. The molecule has 0 saturated carbocycles. The fraction of sp³-hybridized carbons (Fsp3) is 0.0625. The van der Waals surface area contributed by atoms with E-state index >= 15 is 0 Å². The number of benzene rings is 2. The third-order valence-corrected chi connectivity index (χ3v) is 3.02. The number of ether oxygens (including phenoxy) is 1. The van der Waals surface area contributed by atoms with Gasteiger partial charge in [0.1, 0.15) is 5.75 Å². The van der Waals surface area contributed by atoms with E-state index in [9.17, 15) is 0 Å². The van der Waals surface area contributed by atoms with Crippen LogP contribution in [0.2, 0.25) is 0 Å². The lowest BCUT2D eigenvalue weighted by Crippen LogP contribution is -2.02. The number of hydrogen-bond acceptors (Lipinski definition) is 3. The van der Waals surface area contributed by atoms with E-state index in [2.05, 4.69) is 10.3 Å². The van der Waals surface area contributed by atoms with Crippen LogP contribution in [-0.2, 0) is 0 Å². The lowest BCUT2D eigenvalue weighted by atomic mass is 10.3. The van der Waals surface area contributed by atoms with Crippen molar-refractivity contribution < 1.29 is 4.74 Å². The van der Waals surface area contributed by atoms with Gasteiger partial charge in [-0.25, -0.2) is 4.98 Å². The average Bonchev–Trinajstić information content (AvgIpc) is 2.96. The number of imidazole rings is 1. The van der Waals surface area contributed by atoms with E-state index in [4.69, 9.17) is 4.74 Å². The lowest BCUT2D eigenvalue weighted by molar-refractivity contribution is 0.413. The van der Waals surface area contributed by atoms with Gasteiger partial charge in [-0.15, -0.1) is 0 Å². The minimum absolute atomic E-state index is 0.751. The summed E-state index contributed by atoms with van der Waals surface area (Å²) in [6.45, 7) is 0. The maximum atomic E-state index is 5.40. The van der Waals surface area contributed by atoms with Crippen molar-refractivity contribution in [2.45, 2.75) is 0 Å². The maximum absolute atomic E-state index is 5.40. The van der Waals surface area contributed by atoms with Crippen molar-refractivity contribution in [2.75, 3.05) is 12.4 Å². The zero-order chi connectivity index (χ0) is 13.8. The quantitative estimate of drug-likeness (QED) is 0.783. The van der Waals surface area contributed by atoms with Gasteiger partial charge >= 0.3 is 0 Å². The number of nitrogens with one attached hydrogen (secondary N) is 1. The van der Waals surface area contributed by atoms with Gasteiger partial charge in [-0.1, -0.05) is 30.3 Å². The topological polar surface area (TPSA) is 39.1 Å². The van der Waals surface area contributed by atoms with Crippen LogP contribution in [0, 0.1) is 0 Å². The van der Waals surface area contributed by atoms with Gasteiger partial charge in [0.2, 0.25) is 5.95 Å². The molecule has 0 radical (unpaired) electrons. The Labute approximate surface area is 117 Å². The SMILES string of the molecule is COc1ccccc1-n1ccnc1Nc1ccccc1. The third kappa shape index (κ3) is 2.36. The van der Waals surface area contributed by atoms with Crippen LogP contribution in [-0.4, -0.2) is 16.7 Å². The Kier molecular flexibility index (Phi) is 3.37. The molecule has 1 aromatic heterocycles. The first kappa shape index (κ1) is 12.3. The molecule has 0 saturated heterocycles. The van der Waals surface area contributed by atoms with Gasteiger partial charge < -0.3 is 10.1 Å². The van der Waals surface area contributed by atoms with Gasteiger partial charge in [-0.3, -0.25) is 4.57 Å². The summed E-state index contributed by atoms with van der Waals surface area (Å²) in [5, 5.41) is 3.30. The summed E-state index contributed by atoms with van der Waals surface area (Å²) in [7, 11) is 1.67.